The van der Waals surface area contributed by atoms with E-state index in [1.54, 1.807) is 0 Å². The van der Waals surface area contributed by atoms with E-state index in [0.29, 0.717) is 0 Å². The molecule has 0 bridgehead atoms. The van der Waals surface area contributed by atoms with E-state index in [1.165, 1.54) is 89.1 Å². The van der Waals surface area contributed by atoms with E-state index >= 15 is 0 Å². The van der Waals surface area contributed by atoms with Crippen molar-refractivity contribution >= 4 is 38.9 Å². The summed E-state index contributed by atoms with van der Waals surface area (Å²) in [7, 11) is 0. The molecule has 3 heterocycles. The first-order chi connectivity index (χ1) is 24.3. The molecule has 1 aromatic heterocycles. The summed E-state index contributed by atoms with van der Waals surface area (Å²) >= 11 is 0. The van der Waals surface area contributed by atoms with Crippen molar-refractivity contribution in [2.75, 3.05) is 4.90 Å². The number of hydrogen-bond acceptors (Lipinski definition) is 1. The molecule has 7 aromatic carbocycles. The fourth-order valence-electron chi connectivity index (χ4n) is 8.93. The fourth-order valence-corrected chi connectivity index (χ4v) is 8.93. The van der Waals surface area contributed by atoms with Crippen LogP contribution in [0.1, 0.15) is 49.9 Å². The van der Waals surface area contributed by atoms with Gasteiger partial charge in [-0.25, -0.2) is 0 Å². The maximum Gasteiger partial charge on any atom is 0.0543 e. The normalized spacial score (nSPS) is 15.1. The molecule has 0 amide bonds. The molecule has 0 saturated carbocycles. The lowest BCUT2D eigenvalue weighted by Gasteiger charge is -2.49. The molecular weight excluding hydrogens is 605 g/mol. The number of fused-ring (bicyclic) bond motifs is 7. The minimum atomic E-state index is -0.173. The van der Waals surface area contributed by atoms with Crippen molar-refractivity contribution in [1.29, 1.82) is 0 Å². The average molecular weight is 643 g/mol. The van der Waals surface area contributed by atoms with Gasteiger partial charge in [-0.1, -0.05) is 131 Å². The Bertz CT molecular complexity index is 2640. The molecule has 2 heteroatoms. The maximum atomic E-state index is 2.54. The highest BCUT2D eigenvalue weighted by Gasteiger charge is 2.45. The quantitative estimate of drug-likeness (QED) is 0.186. The van der Waals surface area contributed by atoms with Crippen LogP contribution in [-0.2, 0) is 10.8 Å². The van der Waals surface area contributed by atoms with Crippen LogP contribution in [0.2, 0.25) is 0 Å². The van der Waals surface area contributed by atoms with Crippen LogP contribution < -0.4 is 4.90 Å². The molecule has 0 fully saturated rings. The van der Waals surface area contributed by atoms with Crippen LogP contribution in [-0.4, -0.2) is 4.57 Å². The summed E-state index contributed by atoms with van der Waals surface area (Å²) in [6.45, 7) is 9.55. The predicted molar refractivity (Wildman–Crippen MR) is 211 cm³/mol. The molecule has 50 heavy (non-hydrogen) atoms. The molecule has 0 atom stereocenters. The van der Waals surface area contributed by atoms with Crippen LogP contribution in [0, 0.1) is 0 Å². The number of aromatic nitrogens is 1. The zero-order chi connectivity index (χ0) is 33.8. The van der Waals surface area contributed by atoms with Crippen molar-refractivity contribution in [3.63, 3.8) is 0 Å². The molecule has 2 aliphatic rings. The summed E-state index contributed by atoms with van der Waals surface area (Å²) in [6.07, 6.45) is 0. The van der Waals surface area contributed by atoms with Crippen molar-refractivity contribution < 1.29 is 0 Å². The molecule has 0 radical (unpaired) electrons. The van der Waals surface area contributed by atoms with Crippen LogP contribution in [0.15, 0.2) is 158 Å². The van der Waals surface area contributed by atoms with E-state index in [-0.39, 0.29) is 10.8 Å². The number of rotatable bonds is 3. The Morgan fingerprint density at radius 3 is 1.56 bits per heavy atom. The molecule has 0 unspecified atom stereocenters. The molecule has 2 aliphatic heterocycles. The first kappa shape index (κ1) is 29.1. The molecule has 8 aromatic rings. The molecular formula is C48H38N2. The summed E-state index contributed by atoms with van der Waals surface area (Å²) in [4.78, 5) is 2.54. The highest BCUT2D eigenvalue weighted by Crippen LogP contribution is 2.60. The average Bonchev–Trinajstić information content (AvgIpc) is 3.48. The Balaban J connectivity index is 1.18. The predicted octanol–water partition coefficient (Wildman–Crippen LogP) is 12.9. The fraction of sp³-hybridized carbons (Fsp3) is 0.125. The van der Waals surface area contributed by atoms with Gasteiger partial charge in [-0.15, -0.1) is 0 Å². The van der Waals surface area contributed by atoms with Gasteiger partial charge in [0.2, 0.25) is 0 Å². The topological polar surface area (TPSA) is 8.17 Å². The van der Waals surface area contributed by atoms with Crippen molar-refractivity contribution in [2.24, 2.45) is 0 Å². The zero-order valence-electron chi connectivity index (χ0n) is 28.9. The molecule has 10 rings (SSSR count). The second-order valence-corrected chi connectivity index (χ2v) is 15.0. The van der Waals surface area contributed by atoms with Gasteiger partial charge in [0.1, 0.15) is 0 Å². The van der Waals surface area contributed by atoms with Crippen LogP contribution in [0.4, 0.5) is 17.1 Å². The van der Waals surface area contributed by atoms with Crippen LogP contribution in [0.3, 0.4) is 0 Å². The van der Waals surface area contributed by atoms with Gasteiger partial charge in [0, 0.05) is 27.3 Å². The molecule has 2 nitrogen and oxygen atoms in total. The van der Waals surface area contributed by atoms with E-state index in [0.717, 1.165) is 0 Å². The molecule has 0 N–H and O–H groups in total. The maximum absolute atomic E-state index is 2.54. The van der Waals surface area contributed by atoms with E-state index < -0.39 is 0 Å². The highest BCUT2D eigenvalue weighted by atomic mass is 15.2. The molecule has 240 valence electrons. The standard InChI is InChI=1S/C48H38N2/c1-47(2)38-18-11-12-21-44(38)50-45-27-24-34(30-41(45)48(3,4)40-20-13-19-39(47)46(40)50)33-23-26-43-37(29-33)36-28-32(31-14-7-5-8-15-31)22-25-42(36)49(43)35-16-9-6-10-17-35/h5-30H,1-4H3. The van der Waals surface area contributed by atoms with E-state index in [4.69, 9.17) is 0 Å². The number of hydrogen-bond donors (Lipinski definition) is 0. The first-order valence-corrected chi connectivity index (χ1v) is 17.7. The van der Waals surface area contributed by atoms with Crippen LogP contribution in [0.25, 0.3) is 49.7 Å². The number of para-hydroxylation sites is 3. The summed E-state index contributed by atoms with van der Waals surface area (Å²) in [5.74, 6) is 0. The van der Waals surface area contributed by atoms with Crippen molar-refractivity contribution in [3.8, 4) is 27.9 Å². The largest absolute Gasteiger partial charge is 0.309 e. The van der Waals surface area contributed by atoms with Crippen molar-refractivity contribution in [1.82, 2.24) is 4.57 Å². The zero-order valence-corrected chi connectivity index (χ0v) is 28.9. The van der Waals surface area contributed by atoms with E-state index in [1.807, 2.05) is 0 Å². The Kier molecular flexibility index (Phi) is 6.01. The number of nitrogens with zero attached hydrogens (tertiary/aromatic N) is 2. The Morgan fingerprint density at radius 2 is 0.880 bits per heavy atom. The van der Waals surface area contributed by atoms with Gasteiger partial charge in [0.05, 0.1) is 28.1 Å². The van der Waals surface area contributed by atoms with Crippen molar-refractivity contribution in [2.45, 2.75) is 38.5 Å². The lowest BCUT2D eigenvalue weighted by atomic mass is 9.66. The van der Waals surface area contributed by atoms with Gasteiger partial charge in [0.15, 0.2) is 0 Å². The van der Waals surface area contributed by atoms with Crippen LogP contribution in [0.5, 0.6) is 0 Å². The minimum absolute atomic E-state index is 0.0827. The van der Waals surface area contributed by atoms with E-state index in [2.05, 4.69) is 195 Å². The second kappa shape index (κ2) is 10.3. The Labute approximate surface area is 293 Å². The summed E-state index contributed by atoms with van der Waals surface area (Å²) in [6, 6.07) is 58.5. The lowest BCUT2D eigenvalue weighted by molar-refractivity contribution is 0.597. The second-order valence-electron chi connectivity index (χ2n) is 15.0. The van der Waals surface area contributed by atoms with Gasteiger partial charge in [-0.2, -0.15) is 0 Å². The SMILES string of the molecule is CC1(C)c2ccccc2N2c3ccc(-c4ccc5c(c4)c4cc(-c6ccccc6)ccc4n5-c4ccccc4)cc3C(C)(C)c3cccc1c32. The third-order valence-corrected chi connectivity index (χ3v) is 11.6. The van der Waals surface area contributed by atoms with Crippen LogP contribution >= 0.6 is 0 Å². The highest BCUT2D eigenvalue weighted by molar-refractivity contribution is 6.11. The van der Waals surface area contributed by atoms with Gasteiger partial charge in [0.25, 0.3) is 0 Å². The smallest absolute Gasteiger partial charge is 0.0543 e. The molecule has 0 saturated heterocycles. The monoisotopic (exact) mass is 642 g/mol. The van der Waals surface area contributed by atoms with Gasteiger partial charge >= 0.3 is 0 Å². The summed E-state index contributed by atoms with van der Waals surface area (Å²) < 4.78 is 2.41. The molecule has 0 spiro atoms. The minimum Gasteiger partial charge on any atom is -0.309 e. The third kappa shape index (κ3) is 3.96. The van der Waals surface area contributed by atoms with E-state index in [9.17, 15) is 0 Å². The summed E-state index contributed by atoms with van der Waals surface area (Å²) in [5.41, 5.74) is 17.7. The number of benzene rings is 7. The first-order valence-electron chi connectivity index (χ1n) is 17.7. The Hall–Kier alpha value is -5.86. The Morgan fingerprint density at radius 1 is 0.380 bits per heavy atom. The third-order valence-electron chi connectivity index (χ3n) is 11.6. The number of anilines is 3. The van der Waals surface area contributed by atoms with Gasteiger partial charge < -0.3 is 9.47 Å². The summed E-state index contributed by atoms with van der Waals surface area (Å²) in [5, 5.41) is 2.53. The van der Waals surface area contributed by atoms with Gasteiger partial charge in [-0.3, -0.25) is 0 Å². The lowest BCUT2D eigenvalue weighted by Crippen LogP contribution is -2.38. The van der Waals surface area contributed by atoms with Crippen molar-refractivity contribution in [3.05, 3.63) is 180 Å². The molecule has 0 aliphatic carbocycles. The van der Waals surface area contributed by atoms with Gasteiger partial charge in [-0.05, 0) is 99.1 Å².